The molecule has 0 radical (unpaired) electrons. The van der Waals surface area contributed by atoms with Crippen LogP contribution in [-0.4, -0.2) is 41.5 Å². The average Bonchev–Trinajstić information content (AvgIpc) is 2.74. The highest BCUT2D eigenvalue weighted by molar-refractivity contribution is 6.31. The zero-order valence-electron chi connectivity index (χ0n) is 17.7. The Hall–Kier alpha value is -2.96. The Kier molecular flexibility index (Phi) is 5.94. The lowest BCUT2D eigenvalue weighted by Crippen LogP contribution is -2.32. The van der Waals surface area contributed by atoms with Crippen LogP contribution in [0.25, 0.3) is 10.9 Å². The van der Waals surface area contributed by atoms with E-state index in [-0.39, 0.29) is 0 Å². The van der Waals surface area contributed by atoms with Crippen molar-refractivity contribution in [3.8, 4) is 0 Å². The molecule has 1 N–H and O–H groups in total. The first kappa shape index (κ1) is 21.3. The number of aromatic nitrogens is 1. The van der Waals surface area contributed by atoms with Gasteiger partial charge in [-0.3, -0.25) is 9.78 Å². The van der Waals surface area contributed by atoms with Gasteiger partial charge in [0.25, 0.3) is 5.91 Å². The number of halogens is 1. The quantitative estimate of drug-likeness (QED) is 0.614. The van der Waals surface area contributed by atoms with Crippen molar-refractivity contribution in [3.05, 3.63) is 69.9 Å². The van der Waals surface area contributed by atoms with E-state index in [0.717, 1.165) is 40.7 Å². The second kappa shape index (κ2) is 8.65. The molecule has 2 aromatic carbocycles. The minimum absolute atomic E-state index is 0.414. The fourth-order valence-corrected chi connectivity index (χ4v) is 3.97. The largest absolute Gasteiger partial charge is 0.449 e. The van der Waals surface area contributed by atoms with Crippen LogP contribution in [0.3, 0.4) is 0 Å². The smallest absolute Gasteiger partial charge is 0.339 e. The maximum atomic E-state index is 13.3. The molecule has 0 aliphatic carbocycles. The number of nitrogens with zero attached hydrogens (tertiary/aromatic N) is 2. The summed E-state index contributed by atoms with van der Waals surface area (Å²) in [7, 11) is 2.01. The van der Waals surface area contributed by atoms with E-state index in [1.165, 1.54) is 0 Å². The van der Waals surface area contributed by atoms with Crippen LogP contribution in [0.5, 0.6) is 0 Å². The molecule has 7 heteroatoms. The number of esters is 1. The van der Waals surface area contributed by atoms with Crippen LogP contribution in [-0.2, 0) is 22.5 Å². The Labute approximate surface area is 186 Å². The summed E-state index contributed by atoms with van der Waals surface area (Å²) in [6.45, 7) is 4.92. The highest BCUT2D eigenvalue weighted by Gasteiger charge is 2.28. The number of likely N-dealkylation sites (N-methyl/N-ethyl adjacent to an activating group) is 1. The van der Waals surface area contributed by atoms with Crippen molar-refractivity contribution in [2.75, 3.05) is 18.9 Å². The standard InChI is InChI=1S/C24H24ClN3O3/c1-14-8-9-16(25)12-21(14)27-23(29)15(2)31-24(30)22-17-6-4-5-7-19(17)26-20-10-11-28(3)13-18(20)22/h4-9,12,15H,10-11,13H2,1-3H3,(H,27,29). The predicted octanol–water partition coefficient (Wildman–Crippen LogP) is 4.37. The maximum absolute atomic E-state index is 13.3. The van der Waals surface area contributed by atoms with Crippen LogP contribution in [0.2, 0.25) is 5.02 Å². The topological polar surface area (TPSA) is 71.5 Å². The second-order valence-corrected chi connectivity index (χ2v) is 8.35. The molecule has 1 unspecified atom stereocenters. The first-order chi connectivity index (χ1) is 14.8. The number of pyridine rings is 1. The van der Waals surface area contributed by atoms with Crippen molar-refractivity contribution in [1.29, 1.82) is 0 Å². The van der Waals surface area contributed by atoms with Crippen LogP contribution < -0.4 is 5.32 Å². The number of anilines is 1. The third kappa shape index (κ3) is 4.40. The van der Waals surface area contributed by atoms with Gasteiger partial charge in [0.2, 0.25) is 0 Å². The van der Waals surface area contributed by atoms with E-state index >= 15 is 0 Å². The van der Waals surface area contributed by atoms with E-state index in [2.05, 4.69) is 10.2 Å². The van der Waals surface area contributed by atoms with E-state index in [0.29, 0.717) is 22.8 Å². The molecule has 1 aromatic heterocycles. The molecule has 0 spiro atoms. The Bertz CT molecular complexity index is 1180. The number of benzene rings is 2. The molecule has 4 rings (SSSR count). The Morgan fingerprint density at radius 2 is 2.00 bits per heavy atom. The van der Waals surface area contributed by atoms with Gasteiger partial charge in [0.15, 0.2) is 6.10 Å². The highest BCUT2D eigenvalue weighted by Crippen LogP contribution is 2.29. The Morgan fingerprint density at radius 1 is 1.23 bits per heavy atom. The highest BCUT2D eigenvalue weighted by atomic mass is 35.5. The molecule has 3 aromatic rings. The van der Waals surface area contributed by atoms with Gasteiger partial charge in [-0.05, 0) is 44.7 Å². The summed E-state index contributed by atoms with van der Waals surface area (Å²) in [6, 6.07) is 12.8. The Balaban J connectivity index is 1.61. The van der Waals surface area contributed by atoms with Crippen LogP contribution in [0.4, 0.5) is 5.69 Å². The summed E-state index contributed by atoms with van der Waals surface area (Å²) < 4.78 is 5.62. The summed E-state index contributed by atoms with van der Waals surface area (Å²) in [6.07, 6.45) is -0.212. The number of amides is 1. The molecule has 31 heavy (non-hydrogen) atoms. The molecule has 1 amide bonds. The van der Waals surface area contributed by atoms with Gasteiger partial charge in [0.1, 0.15) is 0 Å². The lowest BCUT2D eigenvalue weighted by atomic mass is 9.96. The van der Waals surface area contributed by atoms with E-state index in [9.17, 15) is 9.59 Å². The number of carbonyl (C=O) groups excluding carboxylic acids is 2. The number of nitrogens with one attached hydrogen (secondary N) is 1. The van der Waals surface area contributed by atoms with Crippen molar-refractivity contribution >= 4 is 40.1 Å². The summed E-state index contributed by atoms with van der Waals surface area (Å²) in [5.41, 5.74) is 4.49. The van der Waals surface area contributed by atoms with E-state index in [1.807, 2.05) is 44.3 Å². The predicted molar refractivity (Wildman–Crippen MR) is 121 cm³/mol. The van der Waals surface area contributed by atoms with Gasteiger partial charge in [-0.15, -0.1) is 0 Å². The molecule has 2 heterocycles. The molecule has 1 aliphatic rings. The first-order valence-electron chi connectivity index (χ1n) is 10.2. The van der Waals surface area contributed by atoms with Crippen LogP contribution >= 0.6 is 11.6 Å². The number of para-hydroxylation sites is 1. The van der Waals surface area contributed by atoms with Crippen LogP contribution in [0.15, 0.2) is 42.5 Å². The fourth-order valence-electron chi connectivity index (χ4n) is 3.79. The molecule has 0 saturated carbocycles. The van der Waals surface area contributed by atoms with Crippen LogP contribution in [0.1, 0.15) is 34.1 Å². The summed E-state index contributed by atoms with van der Waals surface area (Å²) in [5.74, 6) is -0.932. The van der Waals surface area contributed by atoms with Gasteiger partial charge < -0.3 is 15.0 Å². The fraction of sp³-hybridized carbons (Fsp3) is 0.292. The molecule has 1 atom stereocenters. The van der Waals surface area contributed by atoms with Crippen molar-refractivity contribution < 1.29 is 14.3 Å². The zero-order chi connectivity index (χ0) is 22.1. The SMILES string of the molecule is Cc1ccc(Cl)cc1NC(=O)C(C)OC(=O)c1c2c(nc3ccccc13)CCN(C)C2. The van der Waals surface area contributed by atoms with Crippen molar-refractivity contribution in [3.63, 3.8) is 0 Å². The maximum Gasteiger partial charge on any atom is 0.339 e. The molecule has 1 aliphatic heterocycles. The minimum atomic E-state index is -0.977. The molecule has 6 nitrogen and oxygen atoms in total. The molecule has 160 valence electrons. The Morgan fingerprint density at radius 3 is 2.81 bits per heavy atom. The normalized spacial score (nSPS) is 14.7. The monoisotopic (exact) mass is 437 g/mol. The van der Waals surface area contributed by atoms with Crippen molar-refractivity contribution in [1.82, 2.24) is 9.88 Å². The summed E-state index contributed by atoms with van der Waals surface area (Å²) >= 11 is 6.03. The van der Waals surface area contributed by atoms with Gasteiger partial charge in [0.05, 0.1) is 11.1 Å². The number of rotatable bonds is 4. The minimum Gasteiger partial charge on any atom is -0.449 e. The molecule has 0 saturated heterocycles. The second-order valence-electron chi connectivity index (χ2n) is 7.91. The van der Waals surface area contributed by atoms with Crippen molar-refractivity contribution in [2.45, 2.75) is 32.9 Å². The molecule has 0 bridgehead atoms. The number of fused-ring (bicyclic) bond motifs is 2. The number of carbonyl (C=O) groups is 2. The van der Waals surface area contributed by atoms with Crippen molar-refractivity contribution in [2.24, 2.45) is 0 Å². The molecule has 0 fully saturated rings. The summed E-state index contributed by atoms with van der Waals surface area (Å²) in [5, 5.41) is 4.05. The van der Waals surface area contributed by atoms with Gasteiger partial charge in [-0.1, -0.05) is 35.9 Å². The third-order valence-corrected chi connectivity index (χ3v) is 5.79. The number of hydrogen-bond donors (Lipinski definition) is 1. The first-order valence-corrected chi connectivity index (χ1v) is 10.6. The average molecular weight is 438 g/mol. The molecular weight excluding hydrogens is 414 g/mol. The number of hydrogen-bond acceptors (Lipinski definition) is 5. The van der Waals surface area contributed by atoms with E-state index in [4.69, 9.17) is 21.3 Å². The lowest BCUT2D eigenvalue weighted by molar-refractivity contribution is -0.123. The zero-order valence-corrected chi connectivity index (χ0v) is 18.5. The summed E-state index contributed by atoms with van der Waals surface area (Å²) in [4.78, 5) is 32.9. The van der Waals surface area contributed by atoms with Gasteiger partial charge in [0, 0.05) is 46.9 Å². The van der Waals surface area contributed by atoms with E-state index in [1.54, 1.807) is 19.1 Å². The molecular formula is C24H24ClN3O3. The number of ether oxygens (including phenoxy) is 1. The lowest BCUT2D eigenvalue weighted by Gasteiger charge is -2.27. The van der Waals surface area contributed by atoms with Gasteiger partial charge in [-0.25, -0.2) is 4.79 Å². The third-order valence-electron chi connectivity index (χ3n) is 5.55. The van der Waals surface area contributed by atoms with Crippen LogP contribution in [0, 0.1) is 6.92 Å². The van der Waals surface area contributed by atoms with Gasteiger partial charge >= 0.3 is 5.97 Å². The van der Waals surface area contributed by atoms with E-state index < -0.39 is 18.0 Å². The number of aryl methyl sites for hydroxylation is 1. The van der Waals surface area contributed by atoms with Gasteiger partial charge in [-0.2, -0.15) is 0 Å².